The number of likely N-dealkylation sites (tertiary alicyclic amines) is 1. The van der Waals surface area contributed by atoms with Crippen LogP contribution in [0, 0.1) is 11.8 Å². The molecule has 2 saturated heterocycles. The molecule has 2 fully saturated rings. The number of carbonyl (C=O) groups is 1. The molecule has 2 aliphatic rings. The van der Waals surface area contributed by atoms with Crippen molar-refractivity contribution in [1.29, 1.82) is 0 Å². The molecular formula is C27H29F3N2O2. The van der Waals surface area contributed by atoms with Gasteiger partial charge in [0.1, 0.15) is 0 Å². The Hall–Kier alpha value is -2.80. The molecule has 0 radical (unpaired) electrons. The highest BCUT2D eigenvalue weighted by Gasteiger charge is 2.33. The molecule has 2 aliphatic heterocycles. The third-order valence-electron chi connectivity index (χ3n) is 7.13. The van der Waals surface area contributed by atoms with Crippen molar-refractivity contribution in [3.05, 3.63) is 71.4 Å². The number of rotatable bonds is 6. The smallest absolute Gasteiger partial charge is 0.381 e. The van der Waals surface area contributed by atoms with Crippen molar-refractivity contribution in [1.82, 2.24) is 9.47 Å². The fraction of sp³-hybridized carbons (Fsp3) is 0.444. The second kappa shape index (κ2) is 9.45. The number of piperidine rings is 1. The van der Waals surface area contributed by atoms with Crippen LogP contribution < -0.4 is 0 Å². The quantitative estimate of drug-likeness (QED) is 0.457. The molecule has 5 rings (SSSR count). The maximum atomic E-state index is 13.3. The first-order chi connectivity index (χ1) is 16.4. The largest absolute Gasteiger partial charge is 0.416 e. The topological polar surface area (TPSA) is 34.5 Å². The van der Waals surface area contributed by atoms with Gasteiger partial charge in [0, 0.05) is 42.8 Å². The summed E-state index contributed by atoms with van der Waals surface area (Å²) in [6, 6.07) is 13.7. The Morgan fingerprint density at radius 3 is 2.65 bits per heavy atom. The van der Waals surface area contributed by atoms with Crippen molar-refractivity contribution in [3.63, 3.8) is 0 Å². The summed E-state index contributed by atoms with van der Waals surface area (Å²) in [5.74, 6) is 0.715. The Labute approximate surface area is 197 Å². The first kappa shape index (κ1) is 23.0. The fourth-order valence-electron chi connectivity index (χ4n) is 5.19. The average Bonchev–Trinajstić information content (AvgIpc) is 3.21. The van der Waals surface area contributed by atoms with E-state index in [0.717, 1.165) is 49.6 Å². The van der Waals surface area contributed by atoms with E-state index in [4.69, 9.17) is 4.74 Å². The monoisotopic (exact) mass is 470 g/mol. The van der Waals surface area contributed by atoms with Crippen LogP contribution in [-0.2, 0) is 23.9 Å². The average molecular weight is 471 g/mol. The highest BCUT2D eigenvalue weighted by Crippen LogP contribution is 2.33. The molecule has 2 aromatic carbocycles. The number of benzene rings is 2. The maximum Gasteiger partial charge on any atom is 0.416 e. The van der Waals surface area contributed by atoms with Gasteiger partial charge in [-0.3, -0.25) is 4.79 Å². The van der Waals surface area contributed by atoms with E-state index in [1.165, 1.54) is 6.07 Å². The molecule has 0 saturated carbocycles. The number of fused-ring (bicyclic) bond motifs is 1. The Kier molecular flexibility index (Phi) is 6.38. The molecule has 1 aromatic heterocycles. The summed E-state index contributed by atoms with van der Waals surface area (Å²) in [4.78, 5) is 15.2. The summed E-state index contributed by atoms with van der Waals surface area (Å²) in [7, 11) is 0. The van der Waals surface area contributed by atoms with Crippen LogP contribution in [0.5, 0.6) is 0 Å². The number of alkyl halides is 3. The van der Waals surface area contributed by atoms with E-state index in [1.54, 1.807) is 12.1 Å². The van der Waals surface area contributed by atoms with Gasteiger partial charge in [0.15, 0.2) is 0 Å². The van der Waals surface area contributed by atoms with Crippen LogP contribution in [0.4, 0.5) is 13.2 Å². The highest BCUT2D eigenvalue weighted by molar-refractivity contribution is 5.98. The molecule has 4 nitrogen and oxygen atoms in total. The molecule has 3 heterocycles. The van der Waals surface area contributed by atoms with Crippen LogP contribution in [0.2, 0.25) is 0 Å². The van der Waals surface area contributed by atoms with E-state index < -0.39 is 11.7 Å². The lowest BCUT2D eigenvalue weighted by Gasteiger charge is -2.33. The Morgan fingerprint density at radius 2 is 1.88 bits per heavy atom. The van der Waals surface area contributed by atoms with E-state index in [9.17, 15) is 18.0 Å². The number of carbonyl (C=O) groups excluding carboxylic acids is 1. The van der Waals surface area contributed by atoms with Crippen LogP contribution in [0.3, 0.4) is 0 Å². The lowest BCUT2D eigenvalue weighted by Crippen LogP contribution is -2.40. The highest BCUT2D eigenvalue weighted by atomic mass is 19.4. The van der Waals surface area contributed by atoms with Gasteiger partial charge in [-0.25, -0.2) is 0 Å². The van der Waals surface area contributed by atoms with Crippen LogP contribution in [0.15, 0.2) is 54.7 Å². The van der Waals surface area contributed by atoms with Gasteiger partial charge in [0.25, 0.3) is 5.91 Å². The molecule has 3 aromatic rings. The van der Waals surface area contributed by atoms with E-state index in [-0.39, 0.29) is 11.8 Å². The van der Waals surface area contributed by atoms with E-state index in [0.29, 0.717) is 43.0 Å². The molecule has 34 heavy (non-hydrogen) atoms. The molecule has 7 heteroatoms. The van der Waals surface area contributed by atoms with Gasteiger partial charge in [0.05, 0.1) is 18.8 Å². The molecule has 0 bridgehead atoms. The maximum absolute atomic E-state index is 13.3. The third kappa shape index (κ3) is 4.85. The predicted octanol–water partition coefficient (Wildman–Crippen LogP) is 5.79. The van der Waals surface area contributed by atoms with Crippen LogP contribution in [0.25, 0.3) is 10.9 Å². The zero-order valence-electron chi connectivity index (χ0n) is 19.1. The number of aryl methyl sites for hydroxylation is 1. The second-order valence-corrected chi connectivity index (χ2v) is 9.60. The molecule has 0 aliphatic carbocycles. The lowest BCUT2D eigenvalue weighted by atomic mass is 9.90. The van der Waals surface area contributed by atoms with Gasteiger partial charge >= 0.3 is 6.18 Å². The predicted molar refractivity (Wildman–Crippen MR) is 125 cm³/mol. The van der Waals surface area contributed by atoms with Gasteiger partial charge in [-0.2, -0.15) is 13.2 Å². The van der Waals surface area contributed by atoms with Crippen molar-refractivity contribution in [3.8, 4) is 0 Å². The zero-order chi connectivity index (χ0) is 23.7. The van der Waals surface area contributed by atoms with E-state index in [1.807, 2.05) is 23.1 Å². The first-order valence-electron chi connectivity index (χ1n) is 12.0. The summed E-state index contributed by atoms with van der Waals surface area (Å²) < 4.78 is 47.4. The molecule has 0 unspecified atom stereocenters. The van der Waals surface area contributed by atoms with Gasteiger partial charge in [-0.15, -0.1) is 0 Å². The Morgan fingerprint density at radius 1 is 1.06 bits per heavy atom. The third-order valence-corrected chi connectivity index (χ3v) is 7.13. The molecular weight excluding hydrogens is 441 g/mol. The molecule has 180 valence electrons. The number of ether oxygens (including phenoxy) is 1. The van der Waals surface area contributed by atoms with Gasteiger partial charge < -0.3 is 14.2 Å². The van der Waals surface area contributed by atoms with Crippen molar-refractivity contribution < 1.29 is 22.7 Å². The number of nitrogens with zero attached hydrogens (tertiary/aromatic N) is 2. The fourth-order valence-corrected chi connectivity index (χ4v) is 5.19. The van der Waals surface area contributed by atoms with Crippen molar-refractivity contribution in [2.75, 3.05) is 26.3 Å². The lowest BCUT2D eigenvalue weighted by molar-refractivity contribution is -0.138. The minimum Gasteiger partial charge on any atom is -0.381 e. The number of hydrogen-bond acceptors (Lipinski definition) is 2. The first-order valence-corrected chi connectivity index (χ1v) is 12.0. The molecule has 1 atom stereocenters. The summed E-state index contributed by atoms with van der Waals surface area (Å²) in [5.41, 5.74) is 1.50. The summed E-state index contributed by atoms with van der Waals surface area (Å²) in [6.45, 7) is 3.71. The minimum atomic E-state index is -4.34. The number of hydrogen-bond donors (Lipinski definition) is 0. The van der Waals surface area contributed by atoms with Crippen LogP contribution >= 0.6 is 0 Å². The van der Waals surface area contributed by atoms with Crippen LogP contribution in [-0.4, -0.2) is 41.7 Å². The SMILES string of the molecule is O=C(c1ccc2ccn(CC3COC3)c2c1)N1CCC[C@H](CCc2ccccc2C(F)(F)F)C1. The second-order valence-electron chi connectivity index (χ2n) is 9.60. The summed E-state index contributed by atoms with van der Waals surface area (Å²) >= 11 is 0. The standard InChI is InChI=1S/C27H29F3N2O2/c28-27(29,30)24-6-2-1-5-21(24)8-7-19-4-3-12-32(15-19)26(33)23-10-9-22-11-13-31(25(22)14-23)16-20-17-34-18-20/h1-2,5-6,9-11,13-14,19-20H,3-4,7-8,12,15-18H2/t19-/m1/s1. The van der Waals surface area contributed by atoms with Gasteiger partial charge in [-0.05, 0) is 66.8 Å². The van der Waals surface area contributed by atoms with Crippen molar-refractivity contribution in [2.24, 2.45) is 11.8 Å². The minimum absolute atomic E-state index is 0.00187. The van der Waals surface area contributed by atoms with Gasteiger partial charge in [0.2, 0.25) is 0 Å². The molecule has 0 N–H and O–H groups in total. The van der Waals surface area contributed by atoms with Crippen molar-refractivity contribution >= 4 is 16.8 Å². The normalized spacial score (nSPS) is 19.4. The van der Waals surface area contributed by atoms with Crippen LogP contribution in [0.1, 0.15) is 40.7 Å². The number of amides is 1. The number of halogens is 3. The summed E-state index contributed by atoms with van der Waals surface area (Å²) in [6.07, 6.45) is 0.538. The van der Waals surface area contributed by atoms with E-state index >= 15 is 0 Å². The summed E-state index contributed by atoms with van der Waals surface area (Å²) in [5, 5.41) is 1.11. The zero-order valence-corrected chi connectivity index (χ0v) is 19.1. The van der Waals surface area contributed by atoms with E-state index in [2.05, 4.69) is 16.8 Å². The molecule has 0 spiro atoms. The number of aromatic nitrogens is 1. The van der Waals surface area contributed by atoms with Crippen molar-refractivity contribution in [2.45, 2.75) is 38.4 Å². The Balaban J connectivity index is 1.25. The van der Waals surface area contributed by atoms with Gasteiger partial charge in [-0.1, -0.05) is 24.3 Å². The molecule has 1 amide bonds. The Bertz CT molecular complexity index is 1170.